The summed E-state index contributed by atoms with van der Waals surface area (Å²) in [5, 5.41) is 16.0. The van der Waals surface area contributed by atoms with Gasteiger partial charge >= 0.3 is 0 Å². The van der Waals surface area contributed by atoms with Crippen LogP contribution in [0.2, 0.25) is 0 Å². The SMILES string of the molecule is N#CC1(NC(=O)Cc2cc(-c3ccccc3)on2)CCSC1. The van der Waals surface area contributed by atoms with Crippen LogP contribution in [-0.2, 0) is 11.2 Å². The molecular weight excluding hydrogens is 298 g/mol. The van der Waals surface area contributed by atoms with Gasteiger partial charge in [-0.1, -0.05) is 35.5 Å². The Morgan fingerprint density at radius 3 is 2.95 bits per heavy atom. The maximum absolute atomic E-state index is 12.1. The van der Waals surface area contributed by atoms with Crippen molar-refractivity contribution in [2.24, 2.45) is 0 Å². The Morgan fingerprint density at radius 2 is 2.27 bits per heavy atom. The number of nitrogens with one attached hydrogen (secondary N) is 1. The average Bonchev–Trinajstić information content (AvgIpc) is 3.18. The summed E-state index contributed by atoms with van der Waals surface area (Å²) in [6, 6.07) is 13.6. The number of amides is 1. The Morgan fingerprint density at radius 1 is 1.45 bits per heavy atom. The molecule has 3 rings (SSSR count). The number of carbonyl (C=O) groups is 1. The van der Waals surface area contributed by atoms with Crippen LogP contribution in [0.5, 0.6) is 0 Å². The first kappa shape index (κ1) is 14.7. The predicted molar refractivity (Wildman–Crippen MR) is 84.1 cm³/mol. The van der Waals surface area contributed by atoms with E-state index >= 15 is 0 Å². The smallest absolute Gasteiger partial charge is 0.227 e. The molecule has 1 unspecified atom stereocenters. The van der Waals surface area contributed by atoms with E-state index < -0.39 is 5.54 Å². The van der Waals surface area contributed by atoms with Gasteiger partial charge in [-0.25, -0.2) is 0 Å². The maximum atomic E-state index is 12.1. The van der Waals surface area contributed by atoms with E-state index in [1.54, 1.807) is 17.8 Å². The molecule has 2 heterocycles. The molecule has 1 aliphatic rings. The molecular formula is C16H15N3O2S. The second-order valence-electron chi connectivity index (χ2n) is 5.27. The van der Waals surface area contributed by atoms with Gasteiger partial charge in [0, 0.05) is 17.4 Å². The molecule has 1 atom stereocenters. The first-order chi connectivity index (χ1) is 10.7. The molecule has 1 N–H and O–H groups in total. The molecule has 1 fully saturated rings. The Bertz CT molecular complexity index is 700. The van der Waals surface area contributed by atoms with Crippen molar-refractivity contribution in [2.45, 2.75) is 18.4 Å². The minimum atomic E-state index is -0.728. The number of nitriles is 1. The van der Waals surface area contributed by atoms with Crippen molar-refractivity contribution in [3.05, 3.63) is 42.1 Å². The monoisotopic (exact) mass is 313 g/mol. The number of aromatic nitrogens is 1. The van der Waals surface area contributed by atoms with Gasteiger partial charge in [0.2, 0.25) is 5.91 Å². The van der Waals surface area contributed by atoms with E-state index in [1.165, 1.54) is 0 Å². The van der Waals surface area contributed by atoms with E-state index in [2.05, 4.69) is 16.5 Å². The average molecular weight is 313 g/mol. The topological polar surface area (TPSA) is 78.9 Å². The molecule has 0 radical (unpaired) electrons. The minimum absolute atomic E-state index is 0.116. The van der Waals surface area contributed by atoms with Crippen molar-refractivity contribution >= 4 is 17.7 Å². The standard InChI is InChI=1S/C16H15N3O2S/c17-10-16(6-7-22-11-16)18-15(20)9-13-8-14(21-19-13)12-4-2-1-3-5-12/h1-5,8H,6-7,9,11H2,(H,18,20). The number of hydrogen-bond acceptors (Lipinski definition) is 5. The highest BCUT2D eigenvalue weighted by Gasteiger charge is 2.36. The van der Waals surface area contributed by atoms with E-state index in [0.29, 0.717) is 23.6 Å². The molecule has 0 bridgehead atoms. The summed E-state index contributed by atoms with van der Waals surface area (Å²) in [6.45, 7) is 0. The zero-order valence-electron chi connectivity index (χ0n) is 11.9. The normalized spacial score (nSPS) is 20.5. The molecule has 22 heavy (non-hydrogen) atoms. The Labute approximate surface area is 132 Å². The molecule has 1 aliphatic heterocycles. The van der Waals surface area contributed by atoms with E-state index in [0.717, 1.165) is 11.3 Å². The van der Waals surface area contributed by atoms with Crippen molar-refractivity contribution in [1.82, 2.24) is 10.5 Å². The summed E-state index contributed by atoms with van der Waals surface area (Å²) in [5.74, 6) is 1.98. The summed E-state index contributed by atoms with van der Waals surface area (Å²) in [5.41, 5.74) is 0.755. The number of hydrogen-bond donors (Lipinski definition) is 1. The van der Waals surface area contributed by atoms with Crippen molar-refractivity contribution in [1.29, 1.82) is 5.26 Å². The van der Waals surface area contributed by atoms with Gasteiger partial charge in [-0.3, -0.25) is 4.79 Å². The summed E-state index contributed by atoms with van der Waals surface area (Å²) in [6.07, 6.45) is 0.804. The molecule has 1 aromatic carbocycles. The molecule has 112 valence electrons. The third kappa shape index (κ3) is 3.15. The van der Waals surface area contributed by atoms with Crippen LogP contribution < -0.4 is 5.32 Å². The molecule has 2 aromatic rings. The molecule has 1 amide bonds. The van der Waals surface area contributed by atoms with Crippen LogP contribution in [0.15, 0.2) is 40.9 Å². The summed E-state index contributed by atoms with van der Waals surface area (Å²) >= 11 is 1.68. The maximum Gasteiger partial charge on any atom is 0.227 e. The lowest BCUT2D eigenvalue weighted by Gasteiger charge is -2.20. The van der Waals surface area contributed by atoms with Gasteiger partial charge in [0.25, 0.3) is 0 Å². The van der Waals surface area contributed by atoms with Gasteiger partial charge in [0.1, 0.15) is 5.54 Å². The second kappa shape index (κ2) is 6.24. The Kier molecular flexibility index (Phi) is 4.16. The molecule has 0 aliphatic carbocycles. The fourth-order valence-corrected chi connectivity index (χ4v) is 3.66. The molecule has 0 spiro atoms. The lowest BCUT2D eigenvalue weighted by atomic mass is 10.0. The predicted octanol–water partition coefficient (Wildman–Crippen LogP) is 2.40. The number of benzene rings is 1. The van der Waals surface area contributed by atoms with Crippen LogP contribution in [0.3, 0.4) is 0 Å². The molecule has 1 saturated heterocycles. The van der Waals surface area contributed by atoms with Crippen molar-refractivity contribution in [3.8, 4) is 17.4 Å². The van der Waals surface area contributed by atoms with Crippen LogP contribution in [-0.4, -0.2) is 28.1 Å². The van der Waals surface area contributed by atoms with E-state index in [9.17, 15) is 10.1 Å². The molecule has 6 heteroatoms. The summed E-state index contributed by atoms with van der Waals surface area (Å²) in [7, 11) is 0. The Hall–Kier alpha value is -2.26. The molecule has 1 aromatic heterocycles. The van der Waals surface area contributed by atoms with Crippen LogP contribution in [0, 0.1) is 11.3 Å². The Balaban J connectivity index is 1.65. The highest BCUT2D eigenvalue weighted by Crippen LogP contribution is 2.27. The number of carbonyl (C=O) groups excluding carboxylic acids is 1. The third-order valence-electron chi connectivity index (χ3n) is 3.57. The van der Waals surface area contributed by atoms with E-state index in [1.807, 2.05) is 30.3 Å². The first-order valence-electron chi connectivity index (χ1n) is 7.02. The largest absolute Gasteiger partial charge is 0.356 e. The van der Waals surface area contributed by atoms with Crippen molar-refractivity contribution in [3.63, 3.8) is 0 Å². The minimum Gasteiger partial charge on any atom is -0.356 e. The van der Waals surface area contributed by atoms with Crippen LogP contribution in [0.4, 0.5) is 0 Å². The quantitative estimate of drug-likeness (QED) is 0.937. The fourth-order valence-electron chi connectivity index (χ4n) is 2.39. The van der Waals surface area contributed by atoms with Gasteiger partial charge < -0.3 is 9.84 Å². The van der Waals surface area contributed by atoms with Crippen molar-refractivity contribution < 1.29 is 9.32 Å². The molecule has 5 nitrogen and oxygen atoms in total. The van der Waals surface area contributed by atoms with Crippen molar-refractivity contribution in [2.75, 3.05) is 11.5 Å². The highest BCUT2D eigenvalue weighted by atomic mass is 32.2. The van der Waals surface area contributed by atoms with Gasteiger partial charge in [0.05, 0.1) is 18.2 Å². The van der Waals surface area contributed by atoms with E-state index in [4.69, 9.17) is 4.52 Å². The first-order valence-corrected chi connectivity index (χ1v) is 8.17. The summed E-state index contributed by atoms with van der Waals surface area (Å²) in [4.78, 5) is 12.1. The zero-order valence-corrected chi connectivity index (χ0v) is 12.7. The van der Waals surface area contributed by atoms with Gasteiger partial charge in [-0.2, -0.15) is 17.0 Å². The fraction of sp³-hybridized carbons (Fsp3) is 0.312. The van der Waals surface area contributed by atoms with Gasteiger partial charge in [0.15, 0.2) is 5.76 Å². The summed E-state index contributed by atoms with van der Waals surface area (Å²) < 4.78 is 5.27. The van der Waals surface area contributed by atoms with E-state index in [-0.39, 0.29) is 12.3 Å². The zero-order chi connectivity index (χ0) is 15.4. The van der Waals surface area contributed by atoms with Crippen LogP contribution in [0.1, 0.15) is 12.1 Å². The number of rotatable bonds is 4. The van der Waals surface area contributed by atoms with Gasteiger partial charge in [-0.05, 0) is 12.2 Å². The number of thioether (sulfide) groups is 1. The van der Waals surface area contributed by atoms with Crippen LogP contribution >= 0.6 is 11.8 Å². The highest BCUT2D eigenvalue weighted by molar-refractivity contribution is 7.99. The third-order valence-corrected chi connectivity index (χ3v) is 4.76. The lowest BCUT2D eigenvalue weighted by Crippen LogP contribution is -2.48. The molecule has 0 saturated carbocycles. The van der Waals surface area contributed by atoms with Gasteiger partial charge in [-0.15, -0.1) is 0 Å². The second-order valence-corrected chi connectivity index (χ2v) is 6.38. The van der Waals surface area contributed by atoms with Crippen LogP contribution in [0.25, 0.3) is 11.3 Å². The lowest BCUT2D eigenvalue weighted by molar-refractivity contribution is -0.121. The number of nitrogens with zero attached hydrogens (tertiary/aromatic N) is 2.